The minimum absolute atomic E-state index is 0.719. The number of ether oxygens (including phenoxy) is 3. The molecule has 0 aromatic heterocycles. The third kappa shape index (κ3) is 5.48. The molecule has 1 aromatic carbocycles. The lowest BCUT2D eigenvalue weighted by molar-refractivity contribution is 0.0769. The first kappa shape index (κ1) is 20.6. The molecule has 1 aliphatic carbocycles. The van der Waals surface area contributed by atoms with E-state index in [-0.39, 0.29) is 0 Å². The van der Waals surface area contributed by atoms with Crippen LogP contribution in [0, 0.1) is 0 Å². The van der Waals surface area contributed by atoms with E-state index in [1.54, 1.807) is 12.5 Å². The Kier molecular flexibility index (Phi) is 7.14. The lowest BCUT2D eigenvalue weighted by Crippen LogP contribution is -2.47. The van der Waals surface area contributed by atoms with Crippen molar-refractivity contribution in [1.82, 2.24) is 9.80 Å². The van der Waals surface area contributed by atoms with Crippen LogP contribution >= 0.6 is 0 Å². The summed E-state index contributed by atoms with van der Waals surface area (Å²) in [4.78, 5) is 4.69. The van der Waals surface area contributed by atoms with Crippen LogP contribution in [0.25, 0.3) is 0 Å². The van der Waals surface area contributed by atoms with Gasteiger partial charge in [0.25, 0.3) is 0 Å². The molecule has 160 valence electrons. The highest BCUT2D eigenvalue weighted by molar-refractivity contribution is 5.33. The maximum absolute atomic E-state index is 6.02. The maximum Gasteiger partial charge on any atom is 0.231 e. The lowest BCUT2D eigenvalue weighted by atomic mass is 10.0. The molecule has 3 aliphatic rings. The second-order valence-corrected chi connectivity index (χ2v) is 7.88. The van der Waals surface area contributed by atoms with Gasteiger partial charge in [0.2, 0.25) is 5.88 Å². The topological polar surface area (TPSA) is 34.2 Å². The molecule has 5 nitrogen and oxygen atoms in total. The van der Waals surface area contributed by atoms with E-state index in [2.05, 4.69) is 53.2 Å². The van der Waals surface area contributed by atoms with Gasteiger partial charge >= 0.3 is 0 Å². The zero-order valence-corrected chi connectivity index (χ0v) is 17.9. The third-order valence-electron chi connectivity index (χ3n) is 5.83. The van der Waals surface area contributed by atoms with Crippen molar-refractivity contribution < 1.29 is 14.2 Å². The van der Waals surface area contributed by atoms with Gasteiger partial charge < -0.3 is 19.1 Å². The molecule has 0 unspecified atom stereocenters. The fraction of sp³-hybridized carbons (Fsp3) is 0.440. The third-order valence-corrected chi connectivity index (χ3v) is 5.83. The first-order valence-corrected chi connectivity index (χ1v) is 11.1. The molecule has 0 bridgehead atoms. The molecule has 2 aliphatic heterocycles. The number of benzene rings is 1. The summed E-state index contributed by atoms with van der Waals surface area (Å²) in [7, 11) is 0. The van der Waals surface area contributed by atoms with Crippen molar-refractivity contribution in [1.29, 1.82) is 0 Å². The zero-order valence-electron chi connectivity index (χ0n) is 17.9. The van der Waals surface area contributed by atoms with Crippen LogP contribution in [0.1, 0.15) is 31.7 Å². The van der Waals surface area contributed by atoms with Crippen molar-refractivity contribution in [3.8, 4) is 5.75 Å². The van der Waals surface area contributed by atoms with Crippen LogP contribution in [0.2, 0.25) is 0 Å². The number of piperazine rings is 1. The SMILES string of the molecule is CCc1ccccc1OCCN1CCN(C2=COC(CC3=CC=CCC3)=CO2)CC1. The Morgan fingerprint density at radius 2 is 1.90 bits per heavy atom. The molecular weight excluding hydrogens is 376 g/mol. The molecule has 0 N–H and O–H groups in total. The van der Waals surface area contributed by atoms with E-state index in [1.807, 2.05) is 6.07 Å². The molecule has 0 saturated carbocycles. The smallest absolute Gasteiger partial charge is 0.231 e. The summed E-state index contributed by atoms with van der Waals surface area (Å²) in [5.41, 5.74) is 2.66. The van der Waals surface area contributed by atoms with Gasteiger partial charge in [-0.3, -0.25) is 4.90 Å². The van der Waals surface area contributed by atoms with Crippen LogP contribution in [0.4, 0.5) is 0 Å². The number of allylic oxidation sites excluding steroid dienone is 4. The van der Waals surface area contributed by atoms with E-state index in [1.165, 1.54) is 11.1 Å². The van der Waals surface area contributed by atoms with Gasteiger partial charge in [0.15, 0.2) is 6.26 Å². The second-order valence-electron chi connectivity index (χ2n) is 7.88. The van der Waals surface area contributed by atoms with Gasteiger partial charge in [-0.15, -0.1) is 0 Å². The van der Waals surface area contributed by atoms with E-state index in [0.29, 0.717) is 0 Å². The monoisotopic (exact) mass is 408 g/mol. The van der Waals surface area contributed by atoms with Crippen LogP contribution in [0.15, 0.2) is 72.2 Å². The minimum Gasteiger partial charge on any atom is -0.492 e. The number of hydrogen-bond donors (Lipinski definition) is 0. The van der Waals surface area contributed by atoms with E-state index >= 15 is 0 Å². The van der Waals surface area contributed by atoms with Crippen LogP contribution in [0.3, 0.4) is 0 Å². The average molecular weight is 409 g/mol. The molecule has 2 heterocycles. The predicted molar refractivity (Wildman–Crippen MR) is 119 cm³/mol. The summed E-state index contributed by atoms with van der Waals surface area (Å²) in [6, 6.07) is 8.31. The summed E-state index contributed by atoms with van der Waals surface area (Å²) in [6.07, 6.45) is 14.1. The highest BCUT2D eigenvalue weighted by atomic mass is 16.6. The molecule has 30 heavy (non-hydrogen) atoms. The molecule has 0 atom stereocenters. The fourth-order valence-electron chi connectivity index (χ4n) is 3.98. The number of rotatable bonds is 8. The van der Waals surface area contributed by atoms with E-state index in [0.717, 1.165) is 82.4 Å². The van der Waals surface area contributed by atoms with Crippen LogP contribution in [-0.4, -0.2) is 49.1 Å². The van der Waals surface area contributed by atoms with Gasteiger partial charge in [-0.1, -0.05) is 48.9 Å². The van der Waals surface area contributed by atoms with Crippen molar-refractivity contribution in [2.75, 3.05) is 39.3 Å². The number of nitrogens with zero attached hydrogens (tertiary/aromatic N) is 2. The van der Waals surface area contributed by atoms with Crippen molar-refractivity contribution in [2.24, 2.45) is 0 Å². The molecule has 0 spiro atoms. The molecule has 1 saturated heterocycles. The highest BCUT2D eigenvalue weighted by Gasteiger charge is 2.22. The molecule has 1 fully saturated rings. The van der Waals surface area contributed by atoms with Crippen molar-refractivity contribution in [2.45, 2.75) is 32.6 Å². The van der Waals surface area contributed by atoms with Crippen LogP contribution in [-0.2, 0) is 15.9 Å². The van der Waals surface area contributed by atoms with E-state index in [4.69, 9.17) is 14.2 Å². The molecular formula is C25H32N2O3. The van der Waals surface area contributed by atoms with Gasteiger partial charge in [0, 0.05) is 39.1 Å². The Hall–Kier alpha value is -2.66. The lowest BCUT2D eigenvalue weighted by Gasteiger charge is -2.36. The average Bonchev–Trinajstić information content (AvgIpc) is 2.81. The molecule has 0 amide bonds. The van der Waals surface area contributed by atoms with Gasteiger partial charge in [-0.25, -0.2) is 0 Å². The summed E-state index contributed by atoms with van der Waals surface area (Å²) >= 11 is 0. The second kappa shape index (κ2) is 10.4. The summed E-state index contributed by atoms with van der Waals surface area (Å²) < 4.78 is 17.7. The first-order valence-electron chi connectivity index (χ1n) is 11.1. The van der Waals surface area contributed by atoms with Gasteiger partial charge in [0.05, 0.1) is 0 Å². The quantitative estimate of drug-likeness (QED) is 0.628. The Bertz CT molecular complexity index is 833. The van der Waals surface area contributed by atoms with Gasteiger partial charge in [0.1, 0.15) is 24.4 Å². The Labute approximate surface area is 179 Å². The predicted octanol–water partition coefficient (Wildman–Crippen LogP) is 4.60. The van der Waals surface area contributed by atoms with Crippen molar-refractivity contribution in [3.05, 3.63) is 77.8 Å². The Balaban J connectivity index is 1.17. The van der Waals surface area contributed by atoms with Crippen LogP contribution < -0.4 is 4.74 Å². The van der Waals surface area contributed by atoms with E-state index in [9.17, 15) is 0 Å². The van der Waals surface area contributed by atoms with Gasteiger partial charge in [-0.2, -0.15) is 0 Å². The minimum atomic E-state index is 0.719. The van der Waals surface area contributed by atoms with Crippen molar-refractivity contribution in [3.63, 3.8) is 0 Å². The molecule has 1 aromatic rings. The number of hydrogen-bond acceptors (Lipinski definition) is 5. The molecule has 5 heteroatoms. The Morgan fingerprint density at radius 1 is 1.03 bits per heavy atom. The van der Waals surface area contributed by atoms with Crippen LogP contribution in [0.5, 0.6) is 5.75 Å². The normalized spacial score (nSPS) is 19.4. The fourth-order valence-corrected chi connectivity index (χ4v) is 3.98. The maximum atomic E-state index is 6.02. The largest absolute Gasteiger partial charge is 0.492 e. The number of aryl methyl sites for hydroxylation is 1. The molecule has 4 rings (SSSR count). The summed E-state index contributed by atoms with van der Waals surface area (Å²) in [5, 5.41) is 0. The molecule has 0 radical (unpaired) electrons. The summed E-state index contributed by atoms with van der Waals surface area (Å²) in [5.74, 6) is 2.70. The van der Waals surface area contributed by atoms with Gasteiger partial charge in [-0.05, 0) is 30.9 Å². The first-order chi connectivity index (χ1) is 14.8. The highest BCUT2D eigenvalue weighted by Crippen LogP contribution is 2.25. The van der Waals surface area contributed by atoms with E-state index < -0.39 is 0 Å². The van der Waals surface area contributed by atoms with Crippen molar-refractivity contribution >= 4 is 0 Å². The summed E-state index contributed by atoms with van der Waals surface area (Å²) in [6.45, 7) is 7.67. The zero-order chi connectivity index (χ0) is 20.6. The Morgan fingerprint density at radius 3 is 2.63 bits per heavy atom. The standard InChI is InChI=1S/C25H32N2O3/c1-2-22-10-6-7-11-24(22)28-17-16-26-12-14-27(15-13-26)25-20-29-23(19-30-25)18-21-8-4-3-5-9-21/h3-4,6-8,10-11,19-20H,2,5,9,12-18H2,1H3. The number of para-hydroxylation sites is 1.